The van der Waals surface area contributed by atoms with Crippen LogP contribution in [0, 0.1) is 25.5 Å². The first-order valence-corrected chi connectivity index (χ1v) is 8.77. The molecule has 27 heavy (non-hydrogen) atoms. The van der Waals surface area contributed by atoms with Gasteiger partial charge in [-0.25, -0.2) is 13.5 Å². The molecule has 0 saturated carbocycles. The standard InChI is InChI=1S/C21H21F2N3O/c1-14-19(15(2)26(25-14)18-9-7-17(22)8-10-18)13-21(27)24-12-11-16-5-3-4-6-20(16)23/h3-10H,11-13H2,1-2H3,(H,24,27). The number of benzene rings is 2. The van der Waals surface area contributed by atoms with Crippen molar-refractivity contribution in [3.63, 3.8) is 0 Å². The number of aromatic nitrogens is 2. The van der Waals surface area contributed by atoms with Gasteiger partial charge in [-0.1, -0.05) is 18.2 Å². The van der Waals surface area contributed by atoms with Crippen molar-refractivity contribution >= 4 is 5.91 Å². The Morgan fingerprint density at radius 3 is 2.48 bits per heavy atom. The predicted molar refractivity (Wildman–Crippen MR) is 99.8 cm³/mol. The first-order chi connectivity index (χ1) is 13.0. The lowest BCUT2D eigenvalue weighted by Gasteiger charge is -2.07. The SMILES string of the molecule is Cc1nn(-c2ccc(F)cc2)c(C)c1CC(=O)NCCc1ccccc1F. The third-order valence-corrected chi connectivity index (χ3v) is 4.52. The molecule has 1 amide bonds. The van der Waals surface area contributed by atoms with Gasteiger partial charge in [-0.05, 0) is 56.2 Å². The number of nitrogens with one attached hydrogen (secondary N) is 1. The molecule has 1 N–H and O–H groups in total. The third-order valence-electron chi connectivity index (χ3n) is 4.52. The van der Waals surface area contributed by atoms with Gasteiger partial charge in [0.25, 0.3) is 0 Å². The smallest absolute Gasteiger partial charge is 0.224 e. The van der Waals surface area contributed by atoms with E-state index in [-0.39, 0.29) is 24.0 Å². The fourth-order valence-electron chi connectivity index (χ4n) is 3.03. The second-order valence-electron chi connectivity index (χ2n) is 6.41. The summed E-state index contributed by atoms with van der Waals surface area (Å²) in [4.78, 5) is 12.3. The number of amides is 1. The third kappa shape index (κ3) is 4.39. The van der Waals surface area contributed by atoms with Gasteiger partial charge in [-0.2, -0.15) is 5.10 Å². The molecule has 0 spiro atoms. The van der Waals surface area contributed by atoms with E-state index in [0.29, 0.717) is 18.5 Å². The molecule has 140 valence electrons. The second-order valence-corrected chi connectivity index (χ2v) is 6.41. The van der Waals surface area contributed by atoms with Crippen LogP contribution in [0.3, 0.4) is 0 Å². The van der Waals surface area contributed by atoms with Crippen LogP contribution in [0.25, 0.3) is 5.69 Å². The highest BCUT2D eigenvalue weighted by Crippen LogP contribution is 2.19. The number of halogens is 2. The lowest BCUT2D eigenvalue weighted by Crippen LogP contribution is -2.27. The highest BCUT2D eigenvalue weighted by Gasteiger charge is 2.16. The van der Waals surface area contributed by atoms with E-state index in [1.165, 1.54) is 18.2 Å². The van der Waals surface area contributed by atoms with Crippen molar-refractivity contribution in [1.29, 1.82) is 0 Å². The van der Waals surface area contributed by atoms with E-state index in [0.717, 1.165) is 22.6 Å². The van der Waals surface area contributed by atoms with Gasteiger partial charge in [0, 0.05) is 17.8 Å². The molecule has 0 bridgehead atoms. The molecule has 3 rings (SSSR count). The molecule has 2 aromatic carbocycles. The van der Waals surface area contributed by atoms with E-state index >= 15 is 0 Å². The molecule has 0 saturated heterocycles. The van der Waals surface area contributed by atoms with Gasteiger partial charge in [-0.15, -0.1) is 0 Å². The van der Waals surface area contributed by atoms with Crippen molar-refractivity contribution in [2.75, 3.05) is 6.54 Å². The fourth-order valence-corrected chi connectivity index (χ4v) is 3.03. The van der Waals surface area contributed by atoms with Crippen molar-refractivity contribution in [1.82, 2.24) is 15.1 Å². The van der Waals surface area contributed by atoms with Crippen LogP contribution in [0.15, 0.2) is 48.5 Å². The molecule has 6 heteroatoms. The summed E-state index contributed by atoms with van der Waals surface area (Å²) in [6.45, 7) is 4.09. The Morgan fingerprint density at radius 2 is 1.78 bits per heavy atom. The minimum absolute atomic E-state index is 0.142. The Kier molecular flexibility index (Phi) is 5.64. The number of hydrogen-bond donors (Lipinski definition) is 1. The summed E-state index contributed by atoms with van der Waals surface area (Å²) in [5.74, 6) is -0.718. The van der Waals surface area contributed by atoms with Gasteiger partial charge in [0.05, 0.1) is 17.8 Å². The summed E-state index contributed by atoms with van der Waals surface area (Å²) in [6, 6.07) is 12.6. The van der Waals surface area contributed by atoms with Crippen molar-refractivity contribution in [3.8, 4) is 5.69 Å². The van der Waals surface area contributed by atoms with E-state index in [2.05, 4.69) is 10.4 Å². The van der Waals surface area contributed by atoms with Crippen molar-refractivity contribution < 1.29 is 13.6 Å². The molecule has 0 radical (unpaired) electrons. The largest absolute Gasteiger partial charge is 0.355 e. The number of carbonyl (C=O) groups excluding carboxylic acids is 1. The molecule has 3 aromatic rings. The number of nitrogens with zero attached hydrogens (tertiary/aromatic N) is 2. The second kappa shape index (κ2) is 8.12. The van der Waals surface area contributed by atoms with Crippen LogP contribution in [0.2, 0.25) is 0 Å². The van der Waals surface area contributed by atoms with E-state index in [9.17, 15) is 13.6 Å². The Morgan fingerprint density at radius 1 is 1.07 bits per heavy atom. The van der Waals surface area contributed by atoms with Crippen LogP contribution in [-0.4, -0.2) is 22.2 Å². The quantitative estimate of drug-likeness (QED) is 0.721. The molecule has 0 aliphatic heterocycles. The minimum atomic E-state index is -0.310. The molecule has 0 unspecified atom stereocenters. The van der Waals surface area contributed by atoms with Crippen molar-refractivity contribution in [2.45, 2.75) is 26.7 Å². The Balaban J connectivity index is 1.64. The van der Waals surface area contributed by atoms with Crippen molar-refractivity contribution in [2.24, 2.45) is 0 Å². The lowest BCUT2D eigenvalue weighted by molar-refractivity contribution is -0.120. The van der Waals surface area contributed by atoms with E-state index in [1.54, 1.807) is 35.0 Å². The highest BCUT2D eigenvalue weighted by molar-refractivity contribution is 5.79. The maximum absolute atomic E-state index is 13.6. The predicted octanol–water partition coefficient (Wildman–Crippen LogP) is 3.67. The van der Waals surface area contributed by atoms with Gasteiger partial charge in [0.1, 0.15) is 11.6 Å². The molecule has 0 fully saturated rings. The average molecular weight is 369 g/mol. The van der Waals surface area contributed by atoms with Crippen LogP contribution in [0.1, 0.15) is 22.5 Å². The zero-order valence-corrected chi connectivity index (χ0v) is 15.3. The average Bonchev–Trinajstić information content (AvgIpc) is 2.92. The molecule has 1 heterocycles. The van der Waals surface area contributed by atoms with Crippen LogP contribution in [-0.2, 0) is 17.6 Å². The molecule has 4 nitrogen and oxygen atoms in total. The molecular formula is C21H21F2N3O. The Bertz CT molecular complexity index is 949. The number of hydrogen-bond acceptors (Lipinski definition) is 2. The summed E-state index contributed by atoms with van der Waals surface area (Å²) in [6.07, 6.45) is 0.626. The summed E-state index contributed by atoms with van der Waals surface area (Å²) in [7, 11) is 0. The number of rotatable bonds is 6. The van der Waals surface area contributed by atoms with E-state index in [1.807, 2.05) is 13.8 Å². The van der Waals surface area contributed by atoms with Gasteiger partial charge in [0.15, 0.2) is 0 Å². The maximum Gasteiger partial charge on any atom is 0.224 e. The molecule has 1 aromatic heterocycles. The summed E-state index contributed by atoms with van der Waals surface area (Å²) in [5.41, 5.74) is 3.74. The zero-order chi connectivity index (χ0) is 19.4. The maximum atomic E-state index is 13.6. The summed E-state index contributed by atoms with van der Waals surface area (Å²) < 4.78 is 28.4. The monoisotopic (exact) mass is 369 g/mol. The Hall–Kier alpha value is -3.02. The minimum Gasteiger partial charge on any atom is -0.355 e. The fraction of sp³-hybridized carbons (Fsp3) is 0.238. The zero-order valence-electron chi connectivity index (χ0n) is 15.3. The first kappa shape index (κ1) is 18.8. The topological polar surface area (TPSA) is 46.9 Å². The number of aryl methyl sites for hydroxylation is 1. The lowest BCUT2D eigenvalue weighted by atomic mass is 10.1. The molecular weight excluding hydrogens is 348 g/mol. The number of carbonyl (C=O) groups is 1. The molecule has 0 aliphatic rings. The van der Waals surface area contributed by atoms with Crippen LogP contribution < -0.4 is 5.32 Å². The van der Waals surface area contributed by atoms with Crippen molar-refractivity contribution in [3.05, 3.63) is 82.7 Å². The van der Waals surface area contributed by atoms with Gasteiger partial charge in [0.2, 0.25) is 5.91 Å². The normalized spacial score (nSPS) is 10.8. The highest BCUT2D eigenvalue weighted by atomic mass is 19.1. The molecule has 0 aliphatic carbocycles. The van der Waals surface area contributed by atoms with Crippen LogP contribution >= 0.6 is 0 Å². The summed E-state index contributed by atoms with van der Waals surface area (Å²) >= 11 is 0. The van der Waals surface area contributed by atoms with E-state index in [4.69, 9.17) is 0 Å². The van der Waals surface area contributed by atoms with Gasteiger partial charge in [-0.3, -0.25) is 4.79 Å². The summed E-state index contributed by atoms with van der Waals surface area (Å²) in [5, 5.41) is 7.29. The van der Waals surface area contributed by atoms with Crippen LogP contribution in [0.4, 0.5) is 8.78 Å². The van der Waals surface area contributed by atoms with Crippen LogP contribution in [0.5, 0.6) is 0 Å². The van der Waals surface area contributed by atoms with Gasteiger partial charge >= 0.3 is 0 Å². The van der Waals surface area contributed by atoms with E-state index < -0.39 is 0 Å². The first-order valence-electron chi connectivity index (χ1n) is 8.77. The van der Waals surface area contributed by atoms with Gasteiger partial charge < -0.3 is 5.32 Å². The molecule has 0 atom stereocenters. The Labute approximate surface area is 156 Å².